The largest absolute Gasteiger partial charge is 0.342 e. The number of piperazine rings is 1. The smallest absolute Gasteiger partial charge is 0.246 e. The van der Waals surface area contributed by atoms with Crippen molar-refractivity contribution in [1.29, 1.82) is 0 Å². The Kier molecular flexibility index (Phi) is 7.20. The van der Waals surface area contributed by atoms with E-state index in [2.05, 4.69) is 19.2 Å². The second-order valence-corrected chi connectivity index (χ2v) is 6.56. The van der Waals surface area contributed by atoms with Crippen molar-refractivity contribution in [2.45, 2.75) is 78.8 Å². The third-order valence-electron chi connectivity index (χ3n) is 4.58. The van der Waals surface area contributed by atoms with Gasteiger partial charge in [-0.1, -0.05) is 53.9 Å². The first-order valence-electron chi connectivity index (χ1n) is 8.56. The number of rotatable bonds is 8. The molecule has 3 unspecified atom stereocenters. The van der Waals surface area contributed by atoms with E-state index in [9.17, 15) is 9.59 Å². The molecule has 1 heterocycles. The number of unbranched alkanes of at least 4 members (excludes halogenated alkanes) is 1. The van der Waals surface area contributed by atoms with Gasteiger partial charge in [0.15, 0.2) is 0 Å². The van der Waals surface area contributed by atoms with Gasteiger partial charge in [-0.25, -0.2) is 0 Å². The molecule has 1 N–H and O–H groups in total. The summed E-state index contributed by atoms with van der Waals surface area (Å²) in [6.45, 7) is 11.0. The summed E-state index contributed by atoms with van der Waals surface area (Å²) in [6, 6.07) is -0.646. The fourth-order valence-electron chi connectivity index (χ4n) is 3.06. The zero-order valence-electron chi connectivity index (χ0n) is 14.3. The van der Waals surface area contributed by atoms with Gasteiger partial charge in [0.2, 0.25) is 11.8 Å². The number of nitrogens with one attached hydrogen (secondary N) is 1. The van der Waals surface area contributed by atoms with E-state index in [1.165, 1.54) is 12.8 Å². The Bertz CT molecular complexity index is 355. The van der Waals surface area contributed by atoms with Crippen molar-refractivity contribution in [2.24, 2.45) is 11.8 Å². The molecule has 0 bridgehead atoms. The lowest BCUT2D eigenvalue weighted by atomic mass is 9.93. The van der Waals surface area contributed by atoms with Crippen LogP contribution >= 0.6 is 0 Å². The van der Waals surface area contributed by atoms with Gasteiger partial charge >= 0.3 is 0 Å². The zero-order valence-corrected chi connectivity index (χ0v) is 14.3. The van der Waals surface area contributed by atoms with Gasteiger partial charge < -0.3 is 10.2 Å². The number of amides is 2. The molecular weight excluding hydrogens is 264 g/mol. The van der Waals surface area contributed by atoms with Crippen LogP contribution in [0.25, 0.3) is 0 Å². The summed E-state index contributed by atoms with van der Waals surface area (Å²) in [5, 5.41) is 2.90. The van der Waals surface area contributed by atoms with Crippen molar-refractivity contribution < 1.29 is 9.59 Å². The van der Waals surface area contributed by atoms with Crippen LogP contribution in [-0.2, 0) is 9.59 Å². The van der Waals surface area contributed by atoms with Gasteiger partial charge in [0.25, 0.3) is 0 Å². The first-order valence-corrected chi connectivity index (χ1v) is 8.56. The molecule has 1 fully saturated rings. The van der Waals surface area contributed by atoms with E-state index in [0.29, 0.717) is 12.3 Å². The van der Waals surface area contributed by atoms with Crippen molar-refractivity contribution in [3.8, 4) is 0 Å². The normalized spacial score (nSPS) is 24.4. The monoisotopic (exact) mass is 296 g/mol. The SMILES string of the molecule is CCCCC(CC)CN1C(=O)C(C(C)C)NC(=O)C1CC. The molecule has 21 heavy (non-hydrogen) atoms. The van der Waals surface area contributed by atoms with Crippen molar-refractivity contribution in [3.05, 3.63) is 0 Å². The van der Waals surface area contributed by atoms with Gasteiger partial charge in [-0.15, -0.1) is 0 Å². The molecule has 4 nitrogen and oxygen atoms in total. The minimum Gasteiger partial charge on any atom is -0.342 e. The number of nitrogens with zero attached hydrogens (tertiary/aromatic N) is 1. The Labute approximate surface area is 129 Å². The molecule has 0 aliphatic carbocycles. The Morgan fingerprint density at radius 3 is 2.33 bits per heavy atom. The van der Waals surface area contributed by atoms with Crippen LogP contribution in [0.15, 0.2) is 0 Å². The predicted molar refractivity (Wildman–Crippen MR) is 85.9 cm³/mol. The van der Waals surface area contributed by atoms with Gasteiger partial charge in [0.1, 0.15) is 12.1 Å². The fourth-order valence-corrected chi connectivity index (χ4v) is 3.06. The highest BCUT2D eigenvalue weighted by atomic mass is 16.2. The Morgan fingerprint density at radius 1 is 1.19 bits per heavy atom. The van der Waals surface area contributed by atoms with E-state index >= 15 is 0 Å². The Hall–Kier alpha value is -1.06. The van der Waals surface area contributed by atoms with Crippen LogP contribution in [-0.4, -0.2) is 35.3 Å². The minimum atomic E-state index is -0.357. The maximum Gasteiger partial charge on any atom is 0.246 e. The molecule has 1 saturated heterocycles. The van der Waals surface area contributed by atoms with Gasteiger partial charge in [-0.05, 0) is 24.7 Å². The molecule has 4 heteroatoms. The van der Waals surface area contributed by atoms with E-state index in [0.717, 1.165) is 19.4 Å². The average molecular weight is 296 g/mol. The van der Waals surface area contributed by atoms with E-state index in [4.69, 9.17) is 0 Å². The highest BCUT2D eigenvalue weighted by Crippen LogP contribution is 2.22. The molecule has 0 spiro atoms. The van der Waals surface area contributed by atoms with Gasteiger partial charge in [-0.2, -0.15) is 0 Å². The molecule has 1 aliphatic rings. The van der Waals surface area contributed by atoms with E-state index in [-0.39, 0.29) is 29.8 Å². The van der Waals surface area contributed by atoms with Crippen molar-refractivity contribution in [2.75, 3.05) is 6.54 Å². The number of hydrogen-bond donors (Lipinski definition) is 1. The van der Waals surface area contributed by atoms with Crippen LogP contribution in [0.2, 0.25) is 0 Å². The maximum absolute atomic E-state index is 12.7. The first-order chi connectivity index (χ1) is 9.96. The lowest BCUT2D eigenvalue weighted by Crippen LogP contribution is -2.65. The third-order valence-corrected chi connectivity index (χ3v) is 4.58. The molecular formula is C17H32N2O2. The van der Waals surface area contributed by atoms with Crippen LogP contribution in [0.3, 0.4) is 0 Å². The summed E-state index contributed by atoms with van der Waals surface area (Å²) in [5.41, 5.74) is 0. The number of hydrogen-bond acceptors (Lipinski definition) is 2. The molecule has 3 atom stereocenters. The molecule has 1 aliphatic heterocycles. The summed E-state index contributed by atoms with van der Waals surface area (Å²) in [7, 11) is 0. The lowest BCUT2D eigenvalue weighted by Gasteiger charge is -2.41. The number of carbonyl (C=O) groups is 2. The quantitative estimate of drug-likeness (QED) is 0.748. The van der Waals surface area contributed by atoms with Crippen LogP contribution < -0.4 is 5.32 Å². The highest BCUT2D eigenvalue weighted by Gasteiger charge is 2.41. The molecule has 0 aromatic heterocycles. The standard InChI is InChI=1S/C17H32N2O2/c1-6-9-10-13(7-2)11-19-14(8-3)16(20)18-15(12(4)5)17(19)21/h12-15H,6-11H2,1-5H3,(H,18,20). The summed E-state index contributed by atoms with van der Waals surface area (Å²) in [6.07, 6.45) is 5.26. The average Bonchev–Trinajstić information content (AvgIpc) is 2.46. The van der Waals surface area contributed by atoms with Gasteiger partial charge in [-0.3, -0.25) is 9.59 Å². The first kappa shape index (κ1) is 18.0. The van der Waals surface area contributed by atoms with Crippen molar-refractivity contribution in [3.63, 3.8) is 0 Å². The predicted octanol–water partition coefficient (Wildman–Crippen LogP) is 2.96. The molecule has 0 radical (unpaired) electrons. The fraction of sp³-hybridized carbons (Fsp3) is 0.882. The van der Waals surface area contributed by atoms with E-state index in [1.807, 2.05) is 25.7 Å². The maximum atomic E-state index is 12.7. The number of carbonyl (C=O) groups excluding carboxylic acids is 2. The highest BCUT2D eigenvalue weighted by molar-refractivity contribution is 5.97. The molecule has 0 aromatic rings. The zero-order chi connectivity index (χ0) is 16.0. The van der Waals surface area contributed by atoms with Crippen LogP contribution in [0.1, 0.15) is 66.7 Å². The topological polar surface area (TPSA) is 49.4 Å². The van der Waals surface area contributed by atoms with Crippen LogP contribution in [0, 0.1) is 11.8 Å². The molecule has 1 rings (SSSR count). The Balaban J connectivity index is 2.85. The molecule has 2 amide bonds. The minimum absolute atomic E-state index is 0.0149. The van der Waals surface area contributed by atoms with E-state index in [1.54, 1.807) is 0 Å². The summed E-state index contributed by atoms with van der Waals surface area (Å²) in [5.74, 6) is 0.756. The molecule has 0 saturated carbocycles. The molecule has 0 aromatic carbocycles. The van der Waals surface area contributed by atoms with Crippen LogP contribution in [0.5, 0.6) is 0 Å². The third kappa shape index (κ3) is 4.45. The van der Waals surface area contributed by atoms with E-state index < -0.39 is 0 Å². The molecule has 122 valence electrons. The summed E-state index contributed by atoms with van der Waals surface area (Å²) in [4.78, 5) is 26.8. The van der Waals surface area contributed by atoms with Crippen molar-refractivity contribution in [1.82, 2.24) is 10.2 Å². The van der Waals surface area contributed by atoms with Gasteiger partial charge in [0.05, 0.1) is 0 Å². The Morgan fingerprint density at radius 2 is 1.86 bits per heavy atom. The van der Waals surface area contributed by atoms with Crippen LogP contribution in [0.4, 0.5) is 0 Å². The lowest BCUT2D eigenvalue weighted by molar-refractivity contribution is -0.151. The second-order valence-electron chi connectivity index (χ2n) is 6.56. The summed E-state index contributed by atoms with van der Waals surface area (Å²) >= 11 is 0. The summed E-state index contributed by atoms with van der Waals surface area (Å²) < 4.78 is 0. The van der Waals surface area contributed by atoms with Gasteiger partial charge in [0, 0.05) is 6.54 Å². The second kappa shape index (κ2) is 8.40. The van der Waals surface area contributed by atoms with Crippen molar-refractivity contribution >= 4 is 11.8 Å².